The van der Waals surface area contributed by atoms with Gasteiger partial charge in [-0.3, -0.25) is 4.79 Å². The third-order valence-electron chi connectivity index (χ3n) is 4.42. The van der Waals surface area contributed by atoms with Gasteiger partial charge in [-0.05, 0) is 55.2 Å². The zero-order valence-electron chi connectivity index (χ0n) is 13.9. The van der Waals surface area contributed by atoms with E-state index in [1.165, 1.54) is 16.7 Å². The molecule has 1 unspecified atom stereocenters. The summed E-state index contributed by atoms with van der Waals surface area (Å²) in [7, 11) is 0. The second-order valence-corrected chi connectivity index (χ2v) is 6.12. The molecule has 2 heteroatoms. The molecule has 1 atom stereocenters. The van der Waals surface area contributed by atoms with Crippen molar-refractivity contribution < 1.29 is 9.90 Å². The number of hydrogen-bond donors (Lipinski definition) is 1. The zero-order valence-corrected chi connectivity index (χ0v) is 13.9. The molecule has 0 aromatic heterocycles. The van der Waals surface area contributed by atoms with Gasteiger partial charge in [-0.2, -0.15) is 0 Å². The van der Waals surface area contributed by atoms with Crippen LogP contribution in [0.25, 0.3) is 0 Å². The molecule has 122 valence electrons. The van der Waals surface area contributed by atoms with Crippen LogP contribution < -0.4 is 0 Å². The van der Waals surface area contributed by atoms with Gasteiger partial charge in [0.05, 0.1) is 5.92 Å². The first-order chi connectivity index (χ1) is 11.2. The van der Waals surface area contributed by atoms with Crippen molar-refractivity contribution in [3.8, 4) is 0 Å². The van der Waals surface area contributed by atoms with Gasteiger partial charge in [-0.15, -0.1) is 0 Å². The summed E-state index contributed by atoms with van der Waals surface area (Å²) in [6.07, 6.45) is 5.22. The number of hydrogen-bond acceptors (Lipinski definition) is 1. The Labute approximate surface area is 139 Å². The van der Waals surface area contributed by atoms with Crippen molar-refractivity contribution >= 4 is 5.97 Å². The fraction of sp³-hybridized carbons (Fsp3) is 0.381. The maximum Gasteiger partial charge on any atom is 0.306 e. The Morgan fingerprint density at radius 3 is 2.09 bits per heavy atom. The molecule has 1 N–H and O–H groups in total. The molecule has 2 rings (SSSR count). The highest BCUT2D eigenvalue weighted by molar-refractivity contribution is 5.69. The molecule has 0 aliphatic rings. The summed E-state index contributed by atoms with van der Waals surface area (Å²) in [4.78, 5) is 11.5. The highest BCUT2D eigenvalue weighted by Gasteiger charge is 2.16. The molecule has 23 heavy (non-hydrogen) atoms. The number of aliphatic carboxylic acids is 1. The van der Waals surface area contributed by atoms with Crippen LogP contribution in [0, 0.1) is 5.92 Å². The largest absolute Gasteiger partial charge is 0.481 e. The SMILES string of the molecule is CCc1ccc(CCC(CCCc2ccccc2)C(=O)O)cc1. The van der Waals surface area contributed by atoms with Crippen LogP contribution in [0.2, 0.25) is 0 Å². The lowest BCUT2D eigenvalue weighted by Gasteiger charge is -2.12. The molecule has 0 heterocycles. The molecular formula is C21H26O2. The number of carboxylic acids is 1. The van der Waals surface area contributed by atoms with E-state index in [1.807, 2.05) is 18.2 Å². The van der Waals surface area contributed by atoms with E-state index in [-0.39, 0.29) is 5.92 Å². The van der Waals surface area contributed by atoms with Gasteiger partial charge in [0.1, 0.15) is 0 Å². The molecule has 0 saturated carbocycles. The van der Waals surface area contributed by atoms with Gasteiger partial charge >= 0.3 is 5.97 Å². The van der Waals surface area contributed by atoms with Crippen molar-refractivity contribution in [2.75, 3.05) is 0 Å². The molecule has 2 aromatic rings. The van der Waals surface area contributed by atoms with E-state index in [1.54, 1.807) is 0 Å². The third-order valence-corrected chi connectivity index (χ3v) is 4.42. The first kappa shape index (κ1) is 17.3. The number of rotatable bonds is 9. The van der Waals surface area contributed by atoms with Crippen LogP contribution in [0.3, 0.4) is 0 Å². The van der Waals surface area contributed by atoms with E-state index >= 15 is 0 Å². The van der Waals surface area contributed by atoms with Gasteiger partial charge in [0.15, 0.2) is 0 Å². The Morgan fingerprint density at radius 1 is 0.870 bits per heavy atom. The molecule has 0 aliphatic carbocycles. The predicted octanol–water partition coefficient (Wildman–Crippen LogP) is 4.91. The quantitative estimate of drug-likeness (QED) is 0.715. The Kier molecular flexibility index (Phi) is 6.86. The summed E-state index contributed by atoms with van der Waals surface area (Å²) >= 11 is 0. The lowest BCUT2D eigenvalue weighted by molar-refractivity contribution is -0.142. The van der Waals surface area contributed by atoms with Gasteiger partial charge in [0.25, 0.3) is 0 Å². The number of carboxylic acid groups (broad SMARTS) is 1. The highest BCUT2D eigenvalue weighted by atomic mass is 16.4. The molecule has 2 aromatic carbocycles. The van der Waals surface area contributed by atoms with Crippen LogP contribution in [0.15, 0.2) is 54.6 Å². The van der Waals surface area contributed by atoms with Crippen LogP contribution in [0.4, 0.5) is 0 Å². The highest BCUT2D eigenvalue weighted by Crippen LogP contribution is 2.18. The van der Waals surface area contributed by atoms with Crippen LogP contribution in [-0.2, 0) is 24.1 Å². The second-order valence-electron chi connectivity index (χ2n) is 6.12. The van der Waals surface area contributed by atoms with Gasteiger partial charge < -0.3 is 5.11 Å². The molecule has 0 radical (unpaired) electrons. The van der Waals surface area contributed by atoms with Gasteiger partial charge in [-0.1, -0.05) is 61.5 Å². The van der Waals surface area contributed by atoms with Crippen molar-refractivity contribution in [2.45, 2.75) is 45.4 Å². The topological polar surface area (TPSA) is 37.3 Å². The Balaban J connectivity index is 1.80. The minimum Gasteiger partial charge on any atom is -0.481 e. The van der Waals surface area contributed by atoms with E-state index in [4.69, 9.17) is 0 Å². The summed E-state index contributed by atoms with van der Waals surface area (Å²) in [5.74, 6) is -0.909. The van der Waals surface area contributed by atoms with Gasteiger partial charge in [-0.25, -0.2) is 0 Å². The Hall–Kier alpha value is -2.09. The van der Waals surface area contributed by atoms with Crippen molar-refractivity contribution in [3.05, 3.63) is 71.3 Å². The monoisotopic (exact) mass is 310 g/mol. The third kappa shape index (κ3) is 5.90. The standard InChI is InChI=1S/C21H26O2/c1-2-17-11-13-19(14-12-17)15-16-20(21(22)23)10-6-9-18-7-4-3-5-8-18/h3-5,7-8,11-14,20H,2,6,9-10,15-16H2,1H3,(H,22,23). The molecule has 0 amide bonds. The van der Waals surface area contributed by atoms with E-state index in [9.17, 15) is 9.90 Å². The summed E-state index contributed by atoms with van der Waals surface area (Å²) in [6, 6.07) is 18.8. The molecule has 0 bridgehead atoms. The van der Waals surface area contributed by atoms with E-state index in [2.05, 4.69) is 43.3 Å². The van der Waals surface area contributed by atoms with Crippen molar-refractivity contribution in [1.29, 1.82) is 0 Å². The molecular weight excluding hydrogens is 284 g/mol. The maximum absolute atomic E-state index is 11.5. The van der Waals surface area contributed by atoms with Crippen molar-refractivity contribution in [2.24, 2.45) is 5.92 Å². The summed E-state index contributed by atoms with van der Waals surface area (Å²) in [5, 5.41) is 9.43. The average molecular weight is 310 g/mol. The molecule has 0 aliphatic heterocycles. The Morgan fingerprint density at radius 2 is 1.48 bits per heavy atom. The molecule has 0 fully saturated rings. The van der Waals surface area contributed by atoms with E-state index in [0.29, 0.717) is 0 Å². The normalized spacial score (nSPS) is 12.0. The van der Waals surface area contributed by atoms with Crippen molar-refractivity contribution in [3.63, 3.8) is 0 Å². The van der Waals surface area contributed by atoms with E-state index in [0.717, 1.165) is 38.5 Å². The van der Waals surface area contributed by atoms with Crippen LogP contribution in [-0.4, -0.2) is 11.1 Å². The van der Waals surface area contributed by atoms with Crippen LogP contribution in [0.1, 0.15) is 42.9 Å². The maximum atomic E-state index is 11.5. The second kappa shape index (κ2) is 9.14. The Bertz CT molecular complexity index is 587. The molecule has 0 saturated heterocycles. The summed E-state index contributed by atoms with van der Waals surface area (Å²) in [5.41, 5.74) is 3.84. The smallest absolute Gasteiger partial charge is 0.306 e. The first-order valence-electron chi connectivity index (χ1n) is 8.53. The molecule has 0 spiro atoms. The average Bonchev–Trinajstić information content (AvgIpc) is 2.59. The summed E-state index contributed by atoms with van der Waals surface area (Å²) in [6.45, 7) is 2.14. The van der Waals surface area contributed by atoms with Gasteiger partial charge in [0.2, 0.25) is 0 Å². The lowest BCUT2D eigenvalue weighted by Crippen LogP contribution is -2.15. The predicted molar refractivity (Wildman–Crippen MR) is 94.6 cm³/mol. The van der Waals surface area contributed by atoms with E-state index < -0.39 is 5.97 Å². The molecule has 2 nitrogen and oxygen atoms in total. The fourth-order valence-corrected chi connectivity index (χ4v) is 2.87. The minimum absolute atomic E-state index is 0.246. The lowest BCUT2D eigenvalue weighted by atomic mass is 9.93. The minimum atomic E-state index is -0.664. The number of benzene rings is 2. The number of aryl methyl sites for hydroxylation is 3. The van der Waals surface area contributed by atoms with Crippen molar-refractivity contribution in [1.82, 2.24) is 0 Å². The first-order valence-corrected chi connectivity index (χ1v) is 8.53. The summed E-state index contributed by atoms with van der Waals surface area (Å²) < 4.78 is 0. The van der Waals surface area contributed by atoms with Crippen LogP contribution in [0.5, 0.6) is 0 Å². The van der Waals surface area contributed by atoms with Gasteiger partial charge in [0, 0.05) is 0 Å². The zero-order chi connectivity index (χ0) is 16.5. The van der Waals surface area contributed by atoms with Crippen LogP contribution >= 0.6 is 0 Å². The number of carbonyl (C=O) groups is 1. The fourth-order valence-electron chi connectivity index (χ4n) is 2.87.